The third-order valence-electron chi connectivity index (χ3n) is 2.44. The fraction of sp³-hybridized carbons (Fsp3) is 0.0769. The molecule has 2 aromatic rings. The van der Waals surface area contributed by atoms with Crippen molar-refractivity contribution in [2.75, 3.05) is 0 Å². The molecule has 80 valence electrons. The lowest BCUT2D eigenvalue weighted by Crippen LogP contribution is -1.87. The molecule has 3 heteroatoms. The number of aldehydes is 1. The van der Waals surface area contributed by atoms with E-state index in [0.717, 1.165) is 23.0 Å². The van der Waals surface area contributed by atoms with Gasteiger partial charge < -0.3 is 0 Å². The van der Waals surface area contributed by atoms with E-state index >= 15 is 0 Å². The summed E-state index contributed by atoms with van der Waals surface area (Å²) in [6, 6.07) is 9.21. The molecule has 0 radical (unpaired) electrons. The van der Waals surface area contributed by atoms with Crippen LogP contribution in [0.2, 0.25) is 5.15 Å². The van der Waals surface area contributed by atoms with E-state index in [1.807, 2.05) is 25.1 Å². The molecule has 1 aromatic heterocycles. The molecule has 0 aliphatic heterocycles. The Hall–Kier alpha value is -1.67. The number of nitrogens with zero attached hydrogens (tertiary/aromatic N) is 1. The molecular weight excluding hydrogens is 222 g/mol. The maximum Gasteiger partial charge on any atom is 0.150 e. The van der Waals surface area contributed by atoms with Gasteiger partial charge in [-0.1, -0.05) is 35.9 Å². The highest BCUT2D eigenvalue weighted by Gasteiger charge is 2.03. The number of aromatic nitrogens is 1. The topological polar surface area (TPSA) is 30.0 Å². The summed E-state index contributed by atoms with van der Waals surface area (Å²) in [6.45, 7) is 1.98. The van der Waals surface area contributed by atoms with Gasteiger partial charge in [-0.2, -0.15) is 0 Å². The van der Waals surface area contributed by atoms with Crippen molar-refractivity contribution in [3.63, 3.8) is 0 Å². The van der Waals surface area contributed by atoms with Gasteiger partial charge in [-0.15, -0.1) is 0 Å². The second kappa shape index (κ2) is 4.45. The molecule has 0 atom stereocenters. The van der Waals surface area contributed by atoms with Gasteiger partial charge >= 0.3 is 0 Å². The van der Waals surface area contributed by atoms with Gasteiger partial charge in [0.25, 0.3) is 0 Å². The SMILES string of the molecule is Cc1cc(Cl)ncc1-c1ccc(C=O)cc1. The highest BCUT2D eigenvalue weighted by Crippen LogP contribution is 2.24. The second-order valence-electron chi connectivity index (χ2n) is 3.56. The fourth-order valence-corrected chi connectivity index (χ4v) is 1.78. The van der Waals surface area contributed by atoms with Gasteiger partial charge in [0.1, 0.15) is 11.4 Å². The van der Waals surface area contributed by atoms with Crippen LogP contribution >= 0.6 is 11.6 Å². The molecule has 0 aliphatic rings. The summed E-state index contributed by atoms with van der Waals surface area (Å²) >= 11 is 5.79. The van der Waals surface area contributed by atoms with Crippen LogP contribution in [0, 0.1) is 6.92 Å². The number of benzene rings is 1. The van der Waals surface area contributed by atoms with Gasteiger partial charge in [0, 0.05) is 17.3 Å². The van der Waals surface area contributed by atoms with Crippen molar-refractivity contribution in [3.8, 4) is 11.1 Å². The first-order valence-corrected chi connectivity index (χ1v) is 5.26. The van der Waals surface area contributed by atoms with Crippen LogP contribution in [0.1, 0.15) is 15.9 Å². The average Bonchev–Trinajstić information content (AvgIpc) is 2.29. The predicted octanol–water partition coefficient (Wildman–Crippen LogP) is 3.52. The Kier molecular flexibility index (Phi) is 3.02. The minimum Gasteiger partial charge on any atom is -0.298 e. The normalized spacial score (nSPS) is 10.1. The number of hydrogen-bond donors (Lipinski definition) is 0. The van der Waals surface area contributed by atoms with Crippen molar-refractivity contribution in [1.82, 2.24) is 4.98 Å². The largest absolute Gasteiger partial charge is 0.298 e. The first-order chi connectivity index (χ1) is 7.70. The number of pyridine rings is 1. The maximum atomic E-state index is 10.5. The van der Waals surface area contributed by atoms with Gasteiger partial charge in [-0.25, -0.2) is 4.98 Å². The quantitative estimate of drug-likeness (QED) is 0.585. The molecule has 16 heavy (non-hydrogen) atoms. The fourth-order valence-electron chi connectivity index (χ4n) is 1.57. The Morgan fingerprint density at radius 1 is 1.25 bits per heavy atom. The molecule has 0 saturated heterocycles. The van der Waals surface area contributed by atoms with Gasteiger partial charge in [-0.3, -0.25) is 4.79 Å². The molecule has 0 N–H and O–H groups in total. The Morgan fingerprint density at radius 2 is 1.94 bits per heavy atom. The Balaban J connectivity index is 2.46. The van der Waals surface area contributed by atoms with E-state index in [2.05, 4.69) is 4.98 Å². The summed E-state index contributed by atoms with van der Waals surface area (Å²) in [4.78, 5) is 14.6. The van der Waals surface area contributed by atoms with Crippen molar-refractivity contribution >= 4 is 17.9 Å². The van der Waals surface area contributed by atoms with Crippen LogP contribution in [0.15, 0.2) is 36.5 Å². The lowest BCUT2D eigenvalue weighted by molar-refractivity contribution is 0.112. The van der Waals surface area contributed by atoms with Gasteiger partial charge in [0.15, 0.2) is 0 Å². The molecule has 0 aliphatic carbocycles. The minimum atomic E-state index is 0.491. The van der Waals surface area contributed by atoms with E-state index < -0.39 is 0 Å². The summed E-state index contributed by atoms with van der Waals surface area (Å²) in [5.74, 6) is 0. The van der Waals surface area contributed by atoms with Crippen LogP contribution in [-0.4, -0.2) is 11.3 Å². The van der Waals surface area contributed by atoms with E-state index in [9.17, 15) is 4.79 Å². The molecule has 0 spiro atoms. The number of hydrogen-bond acceptors (Lipinski definition) is 2. The zero-order valence-electron chi connectivity index (χ0n) is 8.77. The third-order valence-corrected chi connectivity index (χ3v) is 2.64. The molecule has 0 fully saturated rings. The summed E-state index contributed by atoms with van der Waals surface area (Å²) < 4.78 is 0. The minimum absolute atomic E-state index is 0.491. The smallest absolute Gasteiger partial charge is 0.150 e. The molecule has 0 amide bonds. The summed E-state index contributed by atoms with van der Waals surface area (Å²) in [7, 11) is 0. The Labute approximate surface area is 98.9 Å². The molecule has 1 aromatic carbocycles. The van der Waals surface area contributed by atoms with Crippen molar-refractivity contribution in [2.24, 2.45) is 0 Å². The van der Waals surface area contributed by atoms with Crippen LogP contribution in [0.4, 0.5) is 0 Å². The van der Waals surface area contributed by atoms with Crippen LogP contribution in [0.25, 0.3) is 11.1 Å². The highest BCUT2D eigenvalue weighted by atomic mass is 35.5. The first kappa shape index (κ1) is 10.8. The molecule has 0 saturated carbocycles. The predicted molar refractivity (Wildman–Crippen MR) is 64.8 cm³/mol. The van der Waals surface area contributed by atoms with Crippen LogP contribution in [-0.2, 0) is 0 Å². The van der Waals surface area contributed by atoms with E-state index in [-0.39, 0.29) is 0 Å². The van der Waals surface area contributed by atoms with Crippen LogP contribution < -0.4 is 0 Å². The standard InChI is InChI=1S/C13H10ClNO/c1-9-6-13(14)15-7-12(9)11-4-2-10(8-16)3-5-11/h2-8H,1H3. The van der Waals surface area contributed by atoms with E-state index in [0.29, 0.717) is 10.7 Å². The average molecular weight is 232 g/mol. The van der Waals surface area contributed by atoms with E-state index in [1.54, 1.807) is 18.3 Å². The monoisotopic (exact) mass is 231 g/mol. The summed E-state index contributed by atoms with van der Waals surface area (Å²) in [6.07, 6.45) is 2.57. The summed E-state index contributed by atoms with van der Waals surface area (Å²) in [5.41, 5.74) is 3.80. The molecule has 2 nitrogen and oxygen atoms in total. The molecule has 0 unspecified atom stereocenters. The second-order valence-corrected chi connectivity index (χ2v) is 3.95. The zero-order chi connectivity index (χ0) is 11.5. The summed E-state index contributed by atoms with van der Waals surface area (Å²) in [5, 5.41) is 0.491. The number of carbonyl (C=O) groups is 1. The zero-order valence-corrected chi connectivity index (χ0v) is 9.53. The van der Waals surface area contributed by atoms with Crippen LogP contribution in [0.3, 0.4) is 0 Å². The van der Waals surface area contributed by atoms with Crippen molar-refractivity contribution < 1.29 is 4.79 Å². The van der Waals surface area contributed by atoms with E-state index in [1.165, 1.54) is 0 Å². The third kappa shape index (κ3) is 2.12. The molecular formula is C13H10ClNO. The highest BCUT2D eigenvalue weighted by molar-refractivity contribution is 6.29. The van der Waals surface area contributed by atoms with Gasteiger partial charge in [-0.05, 0) is 24.1 Å². The maximum absolute atomic E-state index is 10.5. The van der Waals surface area contributed by atoms with Gasteiger partial charge in [0.2, 0.25) is 0 Å². The van der Waals surface area contributed by atoms with Crippen molar-refractivity contribution in [2.45, 2.75) is 6.92 Å². The number of halogens is 1. The molecule has 2 rings (SSSR count). The van der Waals surface area contributed by atoms with E-state index in [4.69, 9.17) is 11.6 Å². The number of rotatable bonds is 2. The molecule has 0 bridgehead atoms. The first-order valence-electron chi connectivity index (χ1n) is 4.88. The van der Waals surface area contributed by atoms with Crippen molar-refractivity contribution in [3.05, 3.63) is 52.8 Å². The Bertz CT molecular complexity index is 520. The van der Waals surface area contributed by atoms with Crippen LogP contribution in [0.5, 0.6) is 0 Å². The Morgan fingerprint density at radius 3 is 2.50 bits per heavy atom. The lowest BCUT2D eigenvalue weighted by Gasteiger charge is -2.05. The number of carbonyl (C=O) groups excluding carboxylic acids is 1. The molecule has 1 heterocycles. The van der Waals surface area contributed by atoms with Crippen molar-refractivity contribution in [1.29, 1.82) is 0 Å². The number of aryl methyl sites for hydroxylation is 1. The lowest BCUT2D eigenvalue weighted by atomic mass is 10.0. The van der Waals surface area contributed by atoms with Gasteiger partial charge in [0.05, 0.1) is 0 Å².